The van der Waals surface area contributed by atoms with E-state index >= 15 is 0 Å². The molecule has 3 aromatic rings. The van der Waals surface area contributed by atoms with E-state index in [0.717, 1.165) is 60.2 Å². The molecule has 1 N–H and O–H groups in total. The average molecular weight is 550 g/mol. The number of hydrogen-bond acceptors (Lipinski definition) is 3. The summed E-state index contributed by atoms with van der Waals surface area (Å²) in [4.78, 5) is 20.0. The van der Waals surface area contributed by atoms with Crippen LogP contribution in [0.2, 0.25) is 10.0 Å². The molecule has 0 bridgehead atoms. The minimum absolute atomic E-state index is 0.0787. The second-order valence-corrected chi connectivity index (χ2v) is 10.9. The average Bonchev–Trinajstić information content (AvgIpc) is 3.44. The van der Waals surface area contributed by atoms with Crippen LogP contribution in [0.4, 0.5) is 5.95 Å². The Morgan fingerprint density at radius 1 is 1.03 bits per heavy atom. The number of anilines is 1. The van der Waals surface area contributed by atoms with Crippen LogP contribution in [0.1, 0.15) is 44.1 Å². The number of aromatic nitrogens is 2. The van der Waals surface area contributed by atoms with Gasteiger partial charge in [-0.25, -0.2) is 4.98 Å². The van der Waals surface area contributed by atoms with Gasteiger partial charge in [-0.2, -0.15) is 0 Å². The lowest BCUT2D eigenvalue weighted by Gasteiger charge is -2.33. The van der Waals surface area contributed by atoms with Crippen LogP contribution in [0.3, 0.4) is 0 Å². The molecule has 0 spiro atoms. The second-order valence-electron chi connectivity index (χ2n) is 9.13. The Kier molecular flexibility index (Phi) is 6.86. The summed E-state index contributed by atoms with van der Waals surface area (Å²) in [5.74, 6) is 1.21. The Labute approximate surface area is 212 Å². The molecule has 1 aliphatic carbocycles. The van der Waals surface area contributed by atoms with Gasteiger partial charge in [0, 0.05) is 29.5 Å². The molecule has 5 rings (SSSR count). The van der Waals surface area contributed by atoms with Gasteiger partial charge in [0.2, 0.25) is 11.9 Å². The Morgan fingerprint density at radius 3 is 2.39 bits per heavy atom. The van der Waals surface area contributed by atoms with Gasteiger partial charge in [-0.15, -0.1) is 0 Å². The maximum atomic E-state index is 12.8. The largest absolute Gasteiger partial charge is 0.353 e. The van der Waals surface area contributed by atoms with Gasteiger partial charge in [0.15, 0.2) is 0 Å². The molecule has 2 fully saturated rings. The number of rotatable bonds is 5. The SMILES string of the molecule is O=C(NC1CCCC1)C1CCN(c2nc3cc(Cl)c(Cl)cc3n2Cc2ccc(Br)cc2)CC1. The predicted octanol–water partition coefficient (Wildman–Crippen LogP) is 6.43. The van der Waals surface area contributed by atoms with Crippen molar-refractivity contribution in [2.45, 2.75) is 51.1 Å². The molecule has 1 aliphatic heterocycles. The summed E-state index contributed by atoms with van der Waals surface area (Å²) in [5, 5.41) is 4.30. The molecular weight excluding hydrogens is 523 g/mol. The third-order valence-electron chi connectivity index (χ3n) is 6.87. The van der Waals surface area contributed by atoms with E-state index in [-0.39, 0.29) is 11.8 Å². The monoisotopic (exact) mass is 548 g/mol. The summed E-state index contributed by atoms with van der Waals surface area (Å²) in [6, 6.07) is 12.4. The van der Waals surface area contributed by atoms with E-state index in [1.807, 2.05) is 24.3 Å². The molecule has 5 nitrogen and oxygen atoms in total. The Bertz CT molecular complexity index is 1150. The van der Waals surface area contributed by atoms with Crippen molar-refractivity contribution in [3.05, 3.63) is 56.5 Å². The molecule has 1 aromatic heterocycles. The molecule has 33 heavy (non-hydrogen) atoms. The van der Waals surface area contributed by atoms with Crippen molar-refractivity contribution in [1.29, 1.82) is 0 Å². The van der Waals surface area contributed by atoms with Gasteiger partial charge >= 0.3 is 0 Å². The van der Waals surface area contributed by atoms with Crippen LogP contribution in [-0.4, -0.2) is 34.6 Å². The molecule has 1 amide bonds. The van der Waals surface area contributed by atoms with E-state index < -0.39 is 0 Å². The van der Waals surface area contributed by atoms with E-state index in [2.05, 4.69) is 42.8 Å². The smallest absolute Gasteiger partial charge is 0.223 e. The topological polar surface area (TPSA) is 50.2 Å². The van der Waals surface area contributed by atoms with E-state index in [0.29, 0.717) is 22.6 Å². The number of benzene rings is 2. The van der Waals surface area contributed by atoms with E-state index in [1.165, 1.54) is 18.4 Å². The fraction of sp³-hybridized carbons (Fsp3) is 0.440. The molecule has 2 aromatic carbocycles. The van der Waals surface area contributed by atoms with Gasteiger partial charge in [-0.3, -0.25) is 4.79 Å². The molecule has 8 heteroatoms. The van der Waals surface area contributed by atoms with E-state index in [9.17, 15) is 4.79 Å². The Morgan fingerprint density at radius 2 is 1.70 bits per heavy atom. The van der Waals surface area contributed by atoms with Gasteiger partial charge in [0.05, 0.1) is 27.6 Å². The number of hydrogen-bond donors (Lipinski definition) is 1. The molecule has 2 heterocycles. The lowest BCUT2D eigenvalue weighted by Crippen LogP contribution is -2.43. The lowest BCUT2D eigenvalue weighted by molar-refractivity contribution is -0.126. The summed E-state index contributed by atoms with van der Waals surface area (Å²) in [6.07, 6.45) is 6.37. The van der Waals surface area contributed by atoms with Crippen molar-refractivity contribution in [1.82, 2.24) is 14.9 Å². The number of nitrogens with zero attached hydrogens (tertiary/aromatic N) is 3. The number of halogens is 3. The highest BCUT2D eigenvalue weighted by atomic mass is 79.9. The molecule has 174 valence electrons. The summed E-state index contributed by atoms with van der Waals surface area (Å²) in [5.41, 5.74) is 2.97. The van der Waals surface area contributed by atoms with Crippen molar-refractivity contribution in [3.63, 3.8) is 0 Å². The zero-order valence-electron chi connectivity index (χ0n) is 18.4. The van der Waals surface area contributed by atoms with Crippen LogP contribution in [0.15, 0.2) is 40.9 Å². The second kappa shape index (κ2) is 9.85. The molecular formula is C25H27BrCl2N4O. The molecule has 0 unspecified atom stereocenters. The lowest BCUT2D eigenvalue weighted by atomic mass is 9.95. The highest BCUT2D eigenvalue weighted by molar-refractivity contribution is 9.10. The number of fused-ring (bicyclic) bond motifs is 1. The molecule has 1 saturated heterocycles. The number of nitrogens with one attached hydrogen (secondary N) is 1. The molecule has 0 radical (unpaired) electrons. The van der Waals surface area contributed by atoms with Gasteiger partial charge < -0.3 is 14.8 Å². The highest BCUT2D eigenvalue weighted by Crippen LogP contribution is 2.33. The molecule has 2 aliphatic rings. The van der Waals surface area contributed by atoms with Crippen LogP contribution >= 0.6 is 39.1 Å². The minimum atomic E-state index is 0.0787. The van der Waals surface area contributed by atoms with Crippen molar-refractivity contribution >= 4 is 62.0 Å². The van der Waals surface area contributed by atoms with E-state index in [4.69, 9.17) is 28.2 Å². The number of carbonyl (C=O) groups is 1. The number of amides is 1. The zero-order valence-corrected chi connectivity index (χ0v) is 21.5. The Hall–Kier alpha value is -1.76. The number of imidazole rings is 1. The first-order valence-electron chi connectivity index (χ1n) is 11.6. The first-order chi connectivity index (χ1) is 16.0. The number of carbonyl (C=O) groups excluding carboxylic acids is 1. The normalized spacial score (nSPS) is 17.7. The fourth-order valence-corrected chi connectivity index (χ4v) is 5.59. The van der Waals surface area contributed by atoms with Crippen LogP contribution in [0.25, 0.3) is 11.0 Å². The fourth-order valence-electron chi connectivity index (χ4n) is 5.01. The third-order valence-corrected chi connectivity index (χ3v) is 8.13. The van der Waals surface area contributed by atoms with Crippen LogP contribution in [-0.2, 0) is 11.3 Å². The van der Waals surface area contributed by atoms with Crippen molar-refractivity contribution in [3.8, 4) is 0 Å². The highest BCUT2D eigenvalue weighted by Gasteiger charge is 2.29. The predicted molar refractivity (Wildman–Crippen MR) is 138 cm³/mol. The van der Waals surface area contributed by atoms with Crippen LogP contribution in [0, 0.1) is 5.92 Å². The van der Waals surface area contributed by atoms with Crippen LogP contribution in [0.5, 0.6) is 0 Å². The quantitative estimate of drug-likeness (QED) is 0.399. The van der Waals surface area contributed by atoms with Crippen LogP contribution < -0.4 is 10.2 Å². The summed E-state index contributed by atoms with van der Waals surface area (Å²) < 4.78 is 3.26. The minimum Gasteiger partial charge on any atom is -0.353 e. The summed E-state index contributed by atoms with van der Waals surface area (Å²) in [6.45, 7) is 2.28. The van der Waals surface area contributed by atoms with Gasteiger partial charge in [0.25, 0.3) is 0 Å². The first kappa shape index (κ1) is 23.0. The van der Waals surface area contributed by atoms with Crippen molar-refractivity contribution < 1.29 is 4.79 Å². The maximum absolute atomic E-state index is 12.8. The molecule has 1 saturated carbocycles. The first-order valence-corrected chi connectivity index (χ1v) is 13.2. The summed E-state index contributed by atoms with van der Waals surface area (Å²) >= 11 is 16.2. The zero-order chi connectivity index (χ0) is 22.9. The third kappa shape index (κ3) is 5.03. The van der Waals surface area contributed by atoms with Gasteiger partial charge in [-0.05, 0) is 55.5 Å². The number of piperidine rings is 1. The Balaban J connectivity index is 1.38. The molecule has 0 atom stereocenters. The van der Waals surface area contributed by atoms with Crippen molar-refractivity contribution in [2.75, 3.05) is 18.0 Å². The van der Waals surface area contributed by atoms with Gasteiger partial charge in [0.1, 0.15) is 0 Å². The standard InChI is InChI=1S/C25H27BrCl2N4O/c26-18-7-5-16(6-8-18)15-32-23-14-21(28)20(27)13-22(23)30-25(32)31-11-9-17(10-12-31)24(33)29-19-3-1-2-4-19/h5-8,13-14,17,19H,1-4,9-12,15H2,(H,29,33). The van der Waals surface area contributed by atoms with E-state index in [1.54, 1.807) is 0 Å². The maximum Gasteiger partial charge on any atom is 0.223 e. The van der Waals surface area contributed by atoms with Crippen molar-refractivity contribution in [2.24, 2.45) is 5.92 Å². The summed E-state index contributed by atoms with van der Waals surface area (Å²) in [7, 11) is 0. The van der Waals surface area contributed by atoms with Gasteiger partial charge in [-0.1, -0.05) is 64.1 Å².